The van der Waals surface area contributed by atoms with Gasteiger partial charge in [0.05, 0.1) is 8.49 Å². The number of aromatic amines is 1. The molecule has 0 aliphatic carbocycles. The largest absolute Gasteiger partial charge is 0.293 e. The van der Waals surface area contributed by atoms with Crippen molar-refractivity contribution in [2.45, 2.75) is 0 Å². The third kappa shape index (κ3) is 2.61. The van der Waals surface area contributed by atoms with E-state index in [4.69, 9.17) is 0 Å². The summed E-state index contributed by atoms with van der Waals surface area (Å²) < 4.78 is 2.71. The van der Waals surface area contributed by atoms with Gasteiger partial charge >= 0.3 is 0 Å². The Labute approximate surface area is 132 Å². The summed E-state index contributed by atoms with van der Waals surface area (Å²) in [4.78, 5) is 10.3. The number of aromatic nitrogens is 4. The van der Waals surface area contributed by atoms with E-state index in [0.29, 0.717) is 0 Å². The normalized spacial score (nSPS) is 10.5. The van der Waals surface area contributed by atoms with E-state index in [9.17, 15) is 10.1 Å². The Morgan fingerprint density at radius 1 is 1.19 bits per heavy atom. The summed E-state index contributed by atoms with van der Waals surface area (Å²) in [6.45, 7) is 0. The molecule has 3 rings (SSSR count). The van der Waals surface area contributed by atoms with Gasteiger partial charge in [0, 0.05) is 12.1 Å². The quantitative estimate of drug-likeness (QED) is 0.320. The fraction of sp³-hybridized carbons (Fsp3) is 0. The molecule has 0 bridgehead atoms. The molecule has 104 valence electrons. The predicted molar refractivity (Wildman–Crippen MR) is 82.7 cm³/mol. The summed E-state index contributed by atoms with van der Waals surface area (Å²) >= 11 is 2.24. The summed E-state index contributed by atoms with van der Waals surface area (Å²) in [5.41, 5.74) is 2.90. The molecule has 1 aromatic heterocycles. The molecule has 0 aliphatic heterocycles. The van der Waals surface area contributed by atoms with Gasteiger partial charge in [0.1, 0.15) is 10.8 Å². The second-order valence-corrected chi connectivity index (χ2v) is 5.32. The third-order valence-electron chi connectivity index (χ3n) is 3.00. The lowest BCUT2D eigenvalue weighted by molar-refractivity contribution is -0.661. The number of hydrogen-bond donors (Lipinski definition) is 1. The molecule has 0 saturated heterocycles. The molecule has 0 fully saturated rings. The maximum Gasteiger partial charge on any atom is 0.293 e. The van der Waals surface area contributed by atoms with Gasteiger partial charge in [-0.2, -0.15) is 0 Å². The van der Waals surface area contributed by atoms with Crippen LogP contribution in [0, 0.1) is 13.7 Å². The van der Waals surface area contributed by atoms with Gasteiger partial charge in [0.2, 0.25) is 0 Å². The first-order valence-corrected chi connectivity index (χ1v) is 7.06. The molecule has 0 amide bonds. The van der Waals surface area contributed by atoms with E-state index in [0.717, 1.165) is 20.4 Å². The molecule has 8 heteroatoms. The minimum atomic E-state index is -0.405. The zero-order chi connectivity index (χ0) is 14.8. The van der Waals surface area contributed by atoms with Crippen molar-refractivity contribution in [2.75, 3.05) is 0 Å². The number of nitrogens with zero attached hydrogens (tertiary/aromatic N) is 4. The van der Waals surface area contributed by atoms with Crippen LogP contribution in [0.1, 0.15) is 0 Å². The van der Waals surface area contributed by atoms with E-state index in [-0.39, 0.29) is 5.69 Å². The topological polar surface area (TPSA) is 88.6 Å². The third-order valence-corrected chi connectivity index (χ3v) is 4.14. The van der Waals surface area contributed by atoms with Crippen LogP contribution >= 0.6 is 22.6 Å². The number of halogens is 1. The summed E-state index contributed by atoms with van der Waals surface area (Å²) in [6.07, 6.45) is 1.58. The van der Waals surface area contributed by atoms with Gasteiger partial charge in [-0.3, -0.25) is 10.1 Å². The van der Waals surface area contributed by atoms with E-state index in [1.54, 1.807) is 23.1 Å². The number of H-pyrrole nitrogens is 1. The van der Waals surface area contributed by atoms with Gasteiger partial charge in [0.15, 0.2) is 5.21 Å². The molecule has 0 aliphatic rings. The van der Waals surface area contributed by atoms with Gasteiger partial charge in [-0.25, -0.2) is 0 Å². The smallest absolute Gasteiger partial charge is 0.258 e. The van der Waals surface area contributed by atoms with Crippen LogP contribution in [0.5, 0.6) is 0 Å². The lowest BCUT2D eigenvalue weighted by Crippen LogP contribution is -2.33. The molecule has 21 heavy (non-hydrogen) atoms. The van der Waals surface area contributed by atoms with E-state index in [2.05, 4.69) is 38.1 Å². The molecule has 0 unspecified atom stereocenters. The first-order chi connectivity index (χ1) is 10.2. The Kier molecular flexibility index (Phi) is 3.60. The molecular formula is C13H9IN5O2+. The van der Waals surface area contributed by atoms with Gasteiger partial charge in [-0.05, 0) is 51.9 Å². The molecule has 7 nitrogen and oxygen atoms in total. The van der Waals surface area contributed by atoms with Crippen LogP contribution in [0.2, 0.25) is 0 Å². The minimum Gasteiger partial charge on any atom is -0.258 e. The van der Waals surface area contributed by atoms with Crippen molar-refractivity contribution < 1.29 is 9.61 Å². The van der Waals surface area contributed by atoms with E-state index >= 15 is 0 Å². The van der Waals surface area contributed by atoms with Crippen molar-refractivity contribution >= 4 is 28.3 Å². The Balaban J connectivity index is 2.07. The molecular weight excluding hydrogens is 385 g/mol. The van der Waals surface area contributed by atoms with Gasteiger partial charge < -0.3 is 0 Å². The van der Waals surface area contributed by atoms with Crippen LogP contribution < -0.4 is 4.68 Å². The second-order valence-electron chi connectivity index (χ2n) is 4.24. The monoisotopic (exact) mass is 394 g/mol. The highest BCUT2D eigenvalue weighted by atomic mass is 127. The summed E-state index contributed by atoms with van der Waals surface area (Å²) in [7, 11) is 0. The highest BCUT2D eigenvalue weighted by Crippen LogP contribution is 2.29. The number of nitrogens with one attached hydrogen (secondary N) is 1. The maximum absolute atomic E-state index is 10.7. The number of benzene rings is 2. The Morgan fingerprint density at radius 3 is 2.57 bits per heavy atom. The number of rotatable bonds is 3. The molecule has 0 spiro atoms. The van der Waals surface area contributed by atoms with E-state index in [1.807, 2.05) is 18.2 Å². The van der Waals surface area contributed by atoms with Gasteiger partial charge in [-0.1, -0.05) is 17.3 Å². The minimum absolute atomic E-state index is 0.0806. The first-order valence-electron chi connectivity index (χ1n) is 5.98. The van der Waals surface area contributed by atoms with Crippen molar-refractivity contribution in [2.24, 2.45) is 0 Å². The maximum atomic E-state index is 10.7. The first kappa shape index (κ1) is 13.6. The standard InChI is InChI=1S/C13H8IN5O2/c14-13-11(9-4-6-10(7-5-9)19(20)21)2-1-3-12(13)18-8-15-16-17-18/h1-8H/p+1. The van der Waals surface area contributed by atoms with Crippen molar-refractivity contribution in [1.29, 1.82) is 0 Å². The molecule has 1 N–H and O–H groups in total. The number of tetrazole rings is 1. The van der Waals surface area contributed by atoms with Crippen molar-refractivity contribution in [3.63, 3.8) is 0 Å². The average Bonchev–Trinajstić information content (AvgIpc) is 3.02. The Hall–Kier alpha value is -2.36. The number of non-ortho nitro benzene ring substituents is 1. The fourth-order valence-corrected chi connectivity index (χ4v) is 2.92. The molecule has 0 radical (unpaired) electrons. The lowest BCUT2D eigenvalue weighted by atomic mass is 10.0. The number of nitro groups is 1. The molecule has 2 aromatic carbocycles. The van der Waals surface area contributed by atoms with Crippen LogP contribution in [0.15, 0.2) is 48.8 Å². The van der Waals surface area contributed by atoms with Crippen molar-refractivity contribution in [3.8, 4) is 16.8 Å². The zero-order valence-electron chi connectivity index (χ0n) is 10.6. The highest BCUT2D eigenvalue weighted by molar-refractivity contribution is 14.1. The van der Waals surface area contributed by atoms with Crippen LogP contribution in [0.4, 0.5) is 5.69 Å². The summed E-state index contributed by atoms with van der Waals surface area (Å²) in [6, 6.07) is 12.3. The van der Waals surface area contributed by atoms with Gasteiger partial charge in [-0.15, -0.1) is 4.68 Å². The average molecular weight is 394 g/mol. The second kappa shape index (κ2) is 5.56. The molecule has 0 atom stereocenters. The Morgan fingerprint density at radius 2 is 1.95 bits per heavy atom. The van der Waals surface area contributed by atoms with Crippen LogP contribution in [-0.4, -0.2) is 20.4 Å². The molecule has 0 saturated carbocycles. The number of nitro benzene ring substituents is 1. The summed E-state index contributed by atoms with van der Waals surface area (Å²) in [5.74, 6) is 0. The zero-order valence-corrected chi connectivity index (χ0v) is 12.8. The van der Waals surface area contributed by atoms with Gasteiger partial charge in [0.25, 0.3) is 12.0 Å². The number of hydrogen-bond acceptors (Lipinski definition) is 4. The Bertz CT molecular complexity index is 787. The molecule has 3 aromatic rings. The lowest BCUT2D eigenvalue weighted by Gasteiger charge is -2.07. The summed E-state index contributed by atoms with van der Waals surface area (Å²) in [5, 5.41) is 20.9. The van der Waals surface area contributed by atoms with E-state index in [1.165, 1.54) is 12.1 Å². The van der Waals surface area contributed by atoms with E-state index < -0.39 is 4.92 Å². The fourth-order valence-electron chi connectivity index (χ4n) is 1.98. The van der Waals surface area contributed by atoms with Crippen molar-refractivity contribution in [3.05, 3.63) is 62.5 Å². The predicted octanol–water partition coefficient (Wildman–Crippen LogP) is 2.26. The molecule has 1 heterocycles. The van der Waals surface area contributed by atoms with Crippen LogP contribution in [0.25, 0.3) is 16.8 Å². The van der Waals surface area contributed by atoms with Crippen molar-refractivity contribution in [1.82, 2.24) is 15.5 Å². The van der Waals surface area contributed by atoms with Crippen LogP contribution in [-0.2, 0) is 0 Å². The highest BCUT2D eigenvalue weighted by Gasteiger charge is 2.14. The SMILES string of the molecule is O=[N+]([O-])c1ccc(-c2cccc(-[n+]3cnn[nH]3)c2I)cc1. The van der Waals surface area contributed by atoms with Crippen LogP contribution in [0.3, 0.4) is 0 Å².